The topological polar surface area (TPSA) is 46.1 Å². The maximum Gasteiger partial charge on any atom is 0.389 e. The van der Waals surface area contributed by atoms with Crippen LogP contribution < -0.4 is 0 Å². The molecule has 1 aliphatic rings. The number of nitrogens with zero attached hydrogens (tertiary/aromatic N) is 3. The summed E-state index contributed by atoms with van der Waals surface area (Å²) in [7, 11) is 0. The first-order valence-corrected chi connectivity index (χ1v) is 8.89. The Bertz CT molecular complexity index is 917. The number of hydrogen-bond acceptors (Lipinski definition) is 3. The number of carbonyl (C=O) groups excluding carboxylic acids is 1. The van der Waals surface area contributed by atoms with Crippen molar-refractivity contribution in [3.63, 3.8) is 0 Å². The van der Waals surface area contributed by atoms with Crippen molar-refractivity contribution in [2.24, 2.45) is 0 Å². The SMILES string of the molecule is C=C/C(=C\C)c1ccc(CN2Cc3ncnc(CCC(F)(F)F)c3C2=O)cc1. The molecule has 0 aliphatic carbocycles. The molecule has 0 radical (unpaired) electrons. The Hall–Kier alpha value is -2.96. The number of alkyl halides is 3. The van der Waals surface area contributed by atoms with Crippen LogP contribution in [-0.4, -0.2) is 27.0 Å². The van der Waals surface area contributed by atoms with E-state index in [4.69, 9.17) is 0 Å². The van der Waals surface area contributed by atoms with Crippen LogP contribution in [0.2, 0.25) is 0 Å². The van der Waals surface area contributed by atoms with Crippen molar-refractivity contribution >= 4 is 11.5 Å². The summed E-state index contributed by atoms with van der Waals surface area (Å²) in [5, 5.41) is 0. The molecular formula is C21H20F3N3O. The van der Waals surface area contributed by atoms with Crippen LogP contribution in [0, 0.1) is 0 Å². The van der Waals surface area contributed by atoms with Crippen LogP contribution >= 0.6 is 0 Å². The molecule has 1 aromatic carbocycles. The lowest BCUT2D eigenvalue weighted by molar-refractivity contribution is -0.134. The standard InChI is InChI=1S/C21H20F3N3O/c1-3-15(4-2)16-7-5-14(6-8-16)11-27-12-18-19(20(27)28)17(25-13-26-18)9-10-21(22,23)24/h3-8,13H,1,9-12H2,2H3/b15-4+. The second-order valence-electron chi connectivity index (χ2n) is 6.56. The summed E-state index contributed by atoms with van der Waals surface area (Å²) >= 11 is 0. The van der Waals surface area contributed by atoms with Gasteiger partial charge in [0.05, 0.1) is 23.5 Å². The molecule has 1 amide bonds. The third-order valence-electron chi connectivity index (χ3n) is 4.68. The van der Waals surface area contributed by atoms with Gasteiger partial charge in [-0.1, -0.05) is 43.0 Å². The van der Waals surface area contributed by atoms with E-state index in [9.17, 15) is 18.0 Å². The van der Waals surface area contributed by atoms with Gasteiger partial charge in [0.1, 0.15) is 6.33 Å². The zero-order valence-electron chi connectivity index (χ0n) is 15.5. The fourth-order valence-corrected chi connectivity index (χ4v) is 3.24. The Labute approximate surface area is 161 Å². The van der Waals surface area contributed by atoms with Crippen LogP contribution in [0.25, 0.3) is 5.57 Å². The molecule has 28 heavy (non-hydrogen) atoms. The van der Waals surface area contributed by atoms with Crippen molar-refractivity contribution < 1.29 is 18.0 Å². The zero-order valence-corrected chi connectivity index (χ0v) is 15.5. The minimum Gasteiger partial charge on any atom is -0.328 e. The highest BCUT2D eigenvalue weighted by molar-refractivity contribution is 5.98. The van der Waals surface area contributed by atoms with E-state index in [1.165, 1.54) is 6.33 Å². The van der Waals surface area contributed by atoms with Crippen LogP contribution in [0.15, 0.2) is 49.3 Å². The Morgan fingerprint density at radius 3 is 2.57 bits per heavy atom. The maximum absolute atomic E-state index is 12.8. The van der Waals surface area contributed by atoms with E-state index < -0.39 is 12.6 Å². The van der Waals surface area contributed by atoms with Gasteiger partial charge in [-0.05, 0) is 30.0 Å². The highest BCUT2D eigenvalue weighted by atomic mass is 19.4. The lowest BCUT2D eigenvalue weighted by Gasteiger charge is -2.16. The van der Waals surface area contributed by atoms with Crippen molar-refractivity contribution in [2.75, 3.05) is 0 Å². The monoisotopic (exact) mass is 387 g/mol. The minimum atomic E-state index is -4.29. The fraction of sp³-hybridized carbons (Fsp3) is 0.286. The molecule has 0 atom stereocenters. The van der Waals surface area contributed by atoms with Crippen molar-refractivity contribution in [3.8, 4) is 0 Å². The number of halogens is 3. The summed E-state index contributed by atoms with van der Waals surface area (Å²) in [5.41, 5.74) is 3.82. The van der Waals surface area contributed by atoms with E-state index in [1.807, 2.05) is 37.3 Å². The molecule has 0 spiro atoms. The van der Waals surface area contributed by atoms with Gasteiger partial charge in [0.25, 0.3) is 5.91 Å². The van der Waals surface area contributed by atoms with E-state index in [1.54, 1.807) is 11.0 Å². The van der Waals surface area contributed by atoms with Crippen molar-refractivity contribution in [1.82, 2.24) is 14.9 Å². The van der Waals surface area contributed by atoms with E-state index in [0.717, 1.165) is 16.7 Å². The number of carbonyl (C=O) groups is 1. The van der Waals surface area contributed by atoms with Gasteiger partial charge in [0.2, 0.25) is 0 Å². The number of allylic oxidation sites excluding steroid dienone is 3. The first kappa shape index (κ1) is 19.8. The summed E-state index contributed by atoms with van der Waals surface area (Å²) in [6, 6.07) is 7.76. The normalized spacial score (nSPS) is 14.4. The van der Waals surface area contributed by atoms with Gasteiger partial charge in [0, 0.05) is 13.0 Å². The van der Waals surface area contributed by atoms with Crippen molar-refractivity contribution in [1.29, 1.82) is 0 Å². The predicted octanol–water partition coefficient (Wildman–Crippen LogP) is 4.72. The highest BCUT2D eigenvalue weighted by Crippen LogP contribution is 2.28. The molecule has 0 saturated heterocycles. The molecular weight excluding hydrogens is 367 g/mol. The summed E-state index contributed by atoms with van der Waals surface area (Å²) in [5.74, 6) is -0.322. The average molecular weight is 387 g/mol. The van der Waals surface area contributed by atoms with Crippen molar-refractivity contribution in [2.45, 2.75) is 39.0 Å². The van der Waals surface area contributed by atoms with Crippen LogP contribution in [0.1, 0.15) is 46.2 Å². The number of aromatic nitrogens is 2. The van der Waals surface area contributed by atoms with Crippen LogP contribution in [0.4, 0.5) is 13.2 Å². The van der Waals surface area contributed by atoms with Crippen LogP contribution in [0.3, 0.4) is 0 Å². The lowest BCUT2D eigenvalue weighted by Crippen LogP contribution is -2.24. The minimum absolute atomic E-state index is 0.161. The second kappa shape index (κ2) is 7.96. The average Bonchev–Trinajstić information content (AvgIpc) is 2.98. The van der Waals surface area contributed by atoms with Gasteiger partial charge in [-0.2, -0.15) is 13.2 Å². The Morgan fingerprint density at radius 2 is 1.96 bits per heavy atom. The lowest BCUT2D eigenvalue weighted by atomic mass is 10.0. The quantitative estimate of drug-likeness (QED) is 0.674. The number of benzene rings is 1. The van der Waals surface area contributed by atoms with Crippen molar-refractivity contribution in [3.05, 3.63) is 77.4 Å². The van der Waals surface area contributed by atoms with E-state index in [0.29, 0.717) is 12.2 Å². The maximum atomic E-state index is 12.8. The van der Waals surface area contributed by atoms with E-state index >= 15 is 0 Å². The molecule has 0 fully saturated rings. The molecule has 146 valence electrons. The molecule has 4 nitrogen and oxygen atoms in total. The summed E-state index contributed by atoms with van der Waals surface area (Å²) in [4.78, 5) is 22.3. The Kier molecular flexibility index (Phi) is 5.63. The molecule has 0 bridgehead atoms. The summed E-state index contributed by atoms with van der Waals surface area (Å²) < 4.78 is 37.6. The third kappa shape index (κ3) is 4.30. The highest BCUT2D eigenvalue weighted by Gasteiger charge is 2.34. The second-order valence-corrected chi connectivity index (χ2v) is 6.56. The molecule has 3 rings (SSSR count). The zero-order chi connectivity index (χ0) is 20.3. The summed E-state index contributed by atoms with van der Waals surface area (Å²) in [6.45, 7) is 6.34. The van der Waals surface area contributed by atoms with Gasteiger partial charge in [-0.25, -0.2) is 9.97 Å². The van der Waals surface area contributed by atoms with Gasteiger partial charge < -0.3 is 4.90 Å². The molecule has 2 heterocycles. The van der Waals surface area contributed by atoms with Gasteiger partial charge in [0.15, 0.2) is 0 Å². The van der Waals surface area contributed by atoms with Gasteiger partial charge >= 0.3 is 6.18 Å². The fourth-order valence-electron chi connectivity index (χ4n) is 3.24. The van der Waals surface area contributed by atoms with Crippen LogP contribution in [-0.2, 0) is 19.5 Å². The van der Waals surface area contributed by atoms with Gasteiger partial charge in [-0.15, -0.1) is 0 Å². The number of amides is 1. The molecule has 1 aromatic heterocycles. The number of fused-ring (bicyclic) bond motifs is 1. The van der Waals surface area contributed by atoms with E-state index in [-0.39, 0.29) is 30.1 Å². The molecule has 0 N–H and O–H groups in total. The van der Waals surface area contributed by atoms with Crippen LogP contribution in [0.5, 0.6) is 0 Å². The molecule has 1 aliphatic heterocycles. The summed E-state index contributed by atoms with van der Waals surface area (Å²) in [6.07, 6.45) is -0.666. The smallest absolute Gasteiger partial charge is 0.328 e. The first-order chi connectivity index (χ1) is 13.3. The largest absolute Gasteiger partial charge is 0.389 e. The molecule has 2 aromatic rings. The Balaban J connectivity index is 1.75. The molecule has 0 unspecified atom stereocenters. The Morgan fingerprint density at radius 1 is 1.25 bits per heavy atom. The molecule has 0 saturated carbocycles. The third-order valence-corrected chi connectivity index (χ3v) is 4.68. The number of aryl methyl sites for hydroxylation is 1. The van der Waals surface area contributed by atoms with Gasteiger partial charge in [-0.3, -0.25) is 4.79 Å². The first-order valence-electron chi connectivity index (χ1n) is 8.89. The van der Waals surface area contributed by atoms with E-state index in [2.05, 4.69) is 16.5 Å². The number of rotatable bonds is 6. The predicted molar refractivity (Wildman–Crippen MR) is 100 cm³/mol. The molecule has 7 heteroatoms. The number of hydrogen-bond donors (Lipinski definition) is 0.